The Morgan fingerprint density at radius 3 is 2.36 bits per heavy atom. The van der Waals surface area contributed by atoms with E-state index in [4.69, 9.17) is 9.47 Å². The van der Waals surface area contributed by atoms with Crippen LogP contribution in [-0.4, -0.2) is 28.7 Å². The fourth-order valence-corrected chi connectivity index (χ4v) is 4.83. The van der Waals surface area contributed by atoms with Gasteiger partial charge in [0, 0.05) is 12.1 Å². The van der Waals surface area contributed by atoms with Gasteiger partial charge >= 0.3 is 0 Å². The summed E-state index contributed by atoms with van der Waals surface area (Å²) in [7, 11) is -0.706. The van der Waals surface area contributed by atoms with Crippen LogP contribution < -0.4 is 14.2 Å². The SMILES string of the molecule is COc1cc(S(=O)(=O)N[C@@H]2CCCC[C@@H]2C)c(OC)cc1Br. The third-order valence-corrected chi connectivity index (χ3v) is 6.28. The Morgan fingerprint density at radius 1 is 1.14 bits per heavy atom. The minimum absolute atomic E-state index is 0.0295. The highest BCUT2D eigenvalue weighted by Gasteiger charge is 2.29. The second kappa shape index (κ2) is 7.19. The monoisotopic (exact) mass is 391 g/mol. The van der Waals surface area contributed by atoms with Gasteiger partial charge in [0.05, 0.1) is 18.7 Å². The molecule has 0 heterocycles. The molecule has 0 unspecified atom stereocenters. The van der Waals surface area contributed by atoms with E-state index < -0.39 is 10.0 Å². The average Bonchev–Trinajstić information content (AvgIpc) is 2.48. The molecule has 7 heteroatoms. The first kappa shape index (κ1) is 17.6. The van der Waals surface area contributed by atoms with Crippen LogP contribution in [0.3, 0.4) is 0 Å². The van der Waals surface area contributed by atoms with E-state index in [0.717, 1.165) is 25.7 Å². The maximum atomic E-state index is 12.7. The number of methoxy groups -OCH3 is 2. The largest absolute Gasteiger partial charge is 0.496 e. The fraction of sp³-hybridized carbons (Fsp3) is 0.600. The molecule has 0 aliphatic heterocycles. The summed E-state index contributed by atoms with van der Waals surface area (Å²) in [6.45, 7) is 2.09. The van der Waals surface area contributed by atoms with Gasteiger partial charge in [-0.2, -0.15) is 0 Å². The van der Waals surface area contributed by atoms with Crippen LogP contribution >= 0.6 is 15.9 Å². The van der Waals surface area contributed by atoms with Crippen molar-refractivity contribution in [1.29, 1.82) is 0 Å². The van der Waals surface area contributed by atoms with E-state index in [1.54, 1.807) is 6.07 Å². The summed E-state index contributed by atoms with van der Waals surface area (Å²) in [6, 6.07) is 3.06. The molecule has 1 aliphatic carbocycles. The van der Waals surface area contributed by atoms with Gasteiger partial charge in [-0.3, -0.25) is 0 Å². The van der Waals surface area contributed by atoms with Gasteiger partial charge in [-0.1, -0.05) is 19.8 Å². The zero-order valence-corrected chi connectivity index (χ0v) is 15.5. The zero-order chi connectivity index (χ0) is 16.3. The maximum absolute atomic E-state index is 12.7. The van der Waals surface area contributed by atoms with E-state index in [9.17, 15) is 8.42 Å². The first-order valence-corrected chi connectivity index (χ1v) is 9.60. The number of rotatable bonds is 5. The standard InChI is InChI=1S/C15H22BrNO4S/c1-10-6-4-5-7-12(10)17-22(18,19)15-9-13(20-2)11(16)8-14(15)21-3/h8-10,12,17H,4-7H2,1-3H3/t10-,12+/m0/s1. The summed E-state index contributed by atoms with van der Waals surface area (Å²) >= 11 is 3.34. The smallest absolute Gasteiger partial charge is 0.244 e. The second-order valence-corrected chi connectivity index (χ2v) is 8.16. The molecule has 2 atom stereocenters. The number of sulfonamides is 1. The van der Waals surface area contributed by atoms with Gasteiger partial charge in [0.15, 0.2) is 0 Å². The Kier molecular flexibility index (Phi) is 5.74. The van der Waals surface area contributed by atoms with Crippen LogP contribution in [0.15, 0.2) is 21.5 Å². The van der Waals surface area contributed by atoms with Crippen molar-refractivity contribution >= 4 is 26.0 Å². The Morgan fingerprint density at radius 2 is 1.77 bits per heavy atom. The topological polar surface area (TPSA) is 64.6 Å². The lowest BCUT2D eigenvalue weighted by atomic mass is 9.87. The number of hydrogen-bond donors (Lipinski definition) is 1. The van der Waals surface area contributed by atoms with E-state index >= 15 is 0 Å². The summed E-state index contributed by atoms with van der Waals surface area (Å²) in [5.41, 5.74) is 0. The van der Waals surface area contributed by atoms with Crippen LogP contribution in [0.4, 0.5) is 0 Å². The van der Waals surface area contributed by atoms with Crippen molar-refractivity contribution in [3.05, 3.63) is 16.6 Å². The van der Waals surface area contributed by atoms with Gasteiger partial charge in [0.2, 0.25) is 10.0 Å². The van der Waals surface area contributed by atoms with Gasteiger partial charge < -0.3 is 9.47 Å². The predicted molar refractivity (Wildman–Crippen MR) is 89.0 cm³/mol. The molecule has 1 aromatic rings. The first-order valence-electron chi connectivity index (χ1n) is 7.33. The number of hydrogen-bond acceptors (Lipinski definition) is 4. The van der Waals surface area contributed by atoms with E-state index in [1.165, 1.54) is 20.3 Å². The molecule has 0 saturated heterocycles. The van der Waals surface area contributed by atoms with Crippen molar-refractivity contribution in [3.63, 3.8) is 0 Å². The van der Waals surface area contributed by atoms with Crippen LogP contribution in [0, 0.1) is 5.92 Å². The highest BCUT2D eigenvalue weighted by molar-refractivity contribution is 9.10. The molecular weight excluding hydrogens is 370 g/mol. The zero-order valence-electron chi connectivity index (χ0n) is 13.1. The lowest BCUT2D eigenvalue weighted by Gasteiger charge is -2.29. The number of benzene rings is 1. The maximum Gasteiger partial charge on any atom is 0.244 e. The van der Waals surface area contributed by atoms with Gasteiger partial charge in [0.25, 0.3) is 0 Å². The number of halogens is 1. The van der Waals surface area contributed by atoms with Crippen molar-refractivity contribution in [2.45, 2.75) is 43.5 Å². The van der Waals surface area contributed by atoms with E-state index in [0.29, 0.717) is 21.9 Å². The lowest BCUT2D eigenvalue weighted by Crippen LogP contribution is -2.41. The molecule has 22 heavy (non-hydrogen) atoms. The Balaban J connectivity index is 2.35. The van der Waals surface area contributed by atoms with E-state index in [1.807, 2.05) is 0 Å². The van der Waals surface area contributed by atoms with Crippen LogP contribution in [0.25, 0.3) is 0 Å². The molecule has 0 bridgehead atoms. The van der Waals surface area contributed by atoms with Crippen molar-refractivity contribution in [3.8, 4) is 11.5 Å². The number of nitrogens with one attached hydrogen (secondary N) is 1. The summed E-state index contributed by atoms with van der Waals surface area (Å²) in [5.74, 6) is 1.09. The predicted octanol–water partition coefficient (Wildman–Crippen LogP) is 3.32. The molecule has 1 aromatic carbocycles. The molecule has 0 amide bonds. The summed E-state index contributed by atoms with van der Waals surface area (Å²) in [5, 5.41) is 0. The Labute approximate surface area is 140 Å². The third-order valence-electron chi connectivity index (χ3n) is 4.15. The normalized spacial score (nSPS) is 22.4. The molecule has 1 saturated carbocycles. The van der Waals surface area contributed by atoms with Crippen LogP contribution in [0.5, 0.6) is 11.5 Å². The molecule has 5 nitrogen and oxygen atoms in total. The minimum Gasteiger partial charge on any atom is -0.496 e. The quantitative estimate of drug-likeness (QED) is 0.835. The summed E-state index contributed by atoms with van der Waals surface area (Å²) in [4.78, 5) is 0.104. The molecule has 0 aromatic heterocycles. The van der Waals surface area contributed by atoms with Gasteiger partial charge in [-0.15, -0.1) is 0 Å². The summed E-state index contributed by atoms with van der Waals surface area (Å²) in [6.07, 6.45) is 4.14. The van der Waals surface area contributed by atoms with Crippen molar-refractivity contribution in [2.24, 2.45) is 5.92 Å². The molecule has 0 radical (unpaired) electrons. The van der Waals surface area contributed by atoms with Gasteiger partial charge in [0.1, 0.15) is 16.4 Å². The third kappa shape index (κ3) is 3.75. The Hall–Kier alpha value is -0.790. The van der Waals surface area contributed by atoms with Gasteiger partial charge in [-0.05, 0) is 40.8 Å². The average molecular weight is 392 g/mol. The van der Waals surface area contributed by atoms with Crippen molar-refractivity contribution < 1.29 is 17.9 Å². The molecular formula is C15H22BrNO4S. The lowest BCUT2D eigenvalue weighted by molar-refractivity contribution is 0.310. The molecule has 124 valence electrons. The van der Waals surface area contributed by atoms with Crippen LogP contribution in [0.1, 0.15) is 32.6 Å². The summed E-state index contributed by atoms with van der Waals surface area (Å²) < 4.78 is 39.4. The molecule has 2 rings (SSSR count). The van der Waals surface area contributed by atoms with Crippen molar-refractivity contribution in [1.82, 2.24) is 4.72 Å². The molecule has 0 spiro atoms. The van der Waals surface area contributed by atoms with E-state index in [2.05, 4.69) is 27.6 Å². The van der Waals surface area contributed by atoms with Gasteiger partial charge in [-0.25, -0.2) is 13.1 Å². The minimum atomic E-state index is -3.66. The first-order chi connectivity index (χ1) is 10.4. The fourth-order valence-electron chi connectivity index (χ4n) is 2.80. The highest BCUT2D eigenvalue weighted by Crippen LogP contribution is 2.36. The molecule has 1 N–H and O–H groups in total. The van der Waals surface area contributed by atoms with Crippen LogP contribution in [0.2, 0.25) is 0 Å². The highest BCUT2D eigenvalue weighted by atomic mass is 79.9. The Bertz CT molecular complexity index is 633. The van der Waals surface area contributed by atoms with Crippen LogP contribution in [-0.2, 0) is 10.0 Å². The second-order valence-electron chi connectivity index (χ2n) is 5.63. The van der Waals surface area contributed by atoms with Crippen molar-refractivity contribution in [2.75, 3.05) is 14.2 Å². The van der Waals surface area contributed by atoms with E-state index in [-0.39, 0.29) is 10.9 Å². The number of ether oxygens (including phenoxy) is 2. The molecule has 1 fully saturated rings. The molecule has 1 aliphatic rings.